The molecule has 1 saturated heterocycles. The van der Waals surface area contributed by atoms with Crippen LogP contribution in [-0.4, -0.2) is 60.1 Å². The Kier molecular flexibility index (Phi) is 4.04. The highest BCUT2D eigenvalue weighted by Crippen LogP contribution is 2.32. The number of sulfonamides is 1. The number of piperazine rings is 1. The van der Waals surface area contributed by atoms with E-state index in [0.29, 0.717) is 26.2 Å². The first-order valence-corrected chi connectivity index (χ1v) is 9.42. The van der Waals surface area contributed by atoms with Crippen molar-refractivity contribution in [3.05, 3.63) is 22.4 Å². The maximum absolute atomic E-state index is 12.2. The van der Waals surface area contributed by atoms with Gasteiger partial charge >= 0.3 is 5.97 Å². The molecule has 1 saturated carbocycles. The lowest BCUT2D eigenvalue weighted by molar-refractivity contribution is -0.144. The van der Waals surface area contributed by atoms with Gasteiger partial charge in [0.1, 0.15) is 6.04 Å². The van der Waals surface area contributed by atoms with Gasteiger partial charge in [0.05, 0.1) is 5.25 Å². The van der Waals surface area contributed by atoms with E-state index in [4.69, 9.17) is 0 Å². The van der Waals surface area contributed by atoms with Crippen LogP contribution in [0.1, 0.15) is 24.4 Å². The quantitative estimate of drug-likeness (QED) is 0.871. The van der Waals surface area contributed by atoms with Crippen LogP contribution in [0.5, 0.6) is 0 Å². The molecule has 0 spiro atoms. The van der Waals surface area contributed by atoms with Crippen LogP contribution >= 0.6 is 11.3 Å². The van der Waals surface area contributed by atoms with Crippen molar-refractivity contribution in [2.24, 2.45) is 0 Å². The van der Waals surface area contributed by atoms with E-state index >= 15 is 0 Å². The van der Waals surface area contributed by atoms with Gasteiger partial charge in [0.15, 0.2) is 0 Å². The first-order chi connectivity index (χ1) is 10.00. The van der Waals surface area contributed by atoms with Crippen molar-refractivity contribution < 1.29 is 18.3 Å². The van der Waals surface area contributed by atoms with Crippen LogP contribution in [0.25, 0.3) is 0 Å². The Morgan fingerprint density at radius 3 is 2.43 bits per heavy atom. The predicted molar refractivity (Wildman–Crippen MR) is 79.8 cm³/mol. The van der Waals surface area contributed by atoms with E-state index in [0.717, 1.165) is 18.4 Å². The van der Waals surface area contributed by atoms with E-state index in [2.05, 4.69) is 0 Å². The molecule has 1 aliphatic carbocycles. The second kappa shape index (κ2) is 5.68. The summed E-state index contributed by atoms with van der Waals surface area (Å²) in [6, 6.07) is 1.14. The fourth-order valence-corrected chi connectivity index (χ4v) is 5.24. The van der Waals surface area contributed by atoms with Gasteiger partial charge in [0, 0.05) is 26.2 Å². The standard InChI is InChI=1S/C13H18N2O4S2/c16-13(17)12(10-3-8-20-9-10)14-4-6-15(7-5-14)21(18,19)11-1-2-11/h3,8-9,11-12H,1-2,4-7H2,(H,16,17). The zero-order chi connectivity index (χ0) is 15.0. The normalized spacial score (nSPS) is 23.0. The maximum Gasteiger partial charge on any atom is 0.325 e. The van der Waals surface area contributed by atoms with Crippen molar-refractivity contribution in [1.82, 2.24) is 9.21 Å². The number of thiophene rings is 1. The van der Waals surface area contributed by atoms with Gasteiger partial charge in [-0.05, 0) is 35.2 Å². The summed E-state index contributed by atoms with van der Waals surface area (Å²) >= 11 is 1.47. The van der Waals surface area contributed by atoms with Crippen LogP contribution in [0.4, 0.5) is 0 Å². The van der Waals surface area contributed by atoms with Crippen LogP contribution < -0.4 is 0 Å². The molecule has 1 aromatic rings. The zero-order valence-electron chi connectivity index (χ0n) is 11.5. The summed E-state index contributed by atoms with van der Waals surface area (Å²) in [4.78, 5) is 13.4. The monoisotopic (exact) mass is 330 g/mol. The molecule has 21 heavy (non-hydrogen) atoms. The Bertz CT molecular complexity index is 602. The molecule has 1 aliphatic heterocycles. The Morgan fingerprint density at radius 1 is 1.29 bits per heavy atom. The van der Waals surface area contributed by atoms with E-state index in [1.54, 1.807) is 0 Å². The number of carboxylic acid groups (broad SMARTS) is 1. The molecule has 2 heterocycles. The van der Waals surface area contributed by atoms with Gasteiger partial charge in [-0.1, -0.05) is 0 Å². The van der Waals surface area contributed by atoms with Crippen molar-refractivity contribution in [2.45, 2.75) is 24.1 Å². The third-order valence-corrected chi connectivity index (χ3v) is 7.14. The first-order valence-electron chi connectivity index (χ1n) is 6.98. The van der Waals surface area contributed by atoms with E-state index < -0.39 is 22.0 Å². The van der Waals surface area contributed by atoms with Gasteiger partial charge in [0.2, 0.25) is 10.0 Å². The lowest BCUT2D eigenvalue weighted by atomic mass is 10.1. The number of rotatable bonds is 5. The SMILES string of the molecule is O=C(O)C(c1ccsc1)N1CCN(S(=O)(=O)C2CC2)CC1. The van der Waals surface area contributed by atoms with E-state index in [9.17, 15) is 18.3 Å². The van der Waals surface area contributed by atoms with Crippen LogP contribution in [0, 0.1) is 0 Å². The largest absolute Gasteiger partial charge is 0.480 e. The van der Waals surface area contributed by atoms with Crippen molar-refractivity contribution in [2.75, 3.05) is 26.2 Å². The topological polar surface area (TPSA) is 77.9 Å². The molecule has 8 heteroatoms. The summed E-state index contributed by atoms with van der Waals surface area (Å²) in [5, 5.41) is 13.0. The average Bonchev–Trinajstić information content (AvgIpc) is 3.19. The molecular formula is C13H18N2O4S2. The molecule has 6 nitrogen and oxygen atoms in total. The minimum Gasteiger partial charge on any atom is -0.480 e. The second-order valence-electron chi connectivity index (χ2n) is 5.48. The Labute approximate surface area is 128 Å². The summed E-state index contributed by atoms with van der Waals surface area (Å²) in [6.07, 6.45) is 1.52. The Balaban J connectivity index is 1.68. The van der Waals surface area contributed by atoms with Gasteiger partial charge < -0.3 is 5.11 Å². The Morgan fingerprint density at radius 2 is 1.95 bits per heavy atom. The number of carbonyl (C=O) groups is 1. The van der Waals surface area contributed by atoms with Gasteiger partial charge in [-0.15, -0.1) is 0 Å². The number of nitrogens with zero attached hydrogens (tertiary/aromatic N) is 2. The number of hydrogen-bond acceptors (Lipinski definition) is 5. The fraction of sp³-hybridized carbons (Fsp3) is 0.615. The van der Waals surface area contributed by atoms with Crippen molar-refractivity contribution in [1.29, 1.82) is 0 Å². The van der Waals surface area contributed by atoms with Crippen LogP contribution in [0.3, 0.4) is 0 Å². The molecule has 1 aromatic heterocycles. The number of hydrogen-bond donors (Lipinski definition) is 1. The van der Waals surface area contributed by atoms with Gasteiger partial charge in [0.25, 0.3) is 0 Å². The third-order valence-electron chi connectivity index (χ3n) is 4.04. The zero-order valence-corrected chi connectivity index (χ0v) is 13.1. The third kappa shape index (κ3) is 2.98. The molecular weight excluding hydrogens is 312 g/mol. The number of carboxylic acids is 1. The maximum atomic E-state index is 12.2. The van der Waals surface area contributed by atoms with Crippen molar-refractivity contribution >= 4 is 27.3 Å². The summed E-state index contributed by atoms with van der Waals surface area (Å²) < 4.78 is 25.9. The minimum atomic E-state index is -3.15. The molecule has 0 radical (unpaired) electrons. The first kappa shape index (κ1) is 15.0. The summed E-state index contributed by atoms with van der Waals surface area (Å²) in [6.45, 7) is 1.68. The average molecular weight is 330 g/mol. The molecule has 116 valence electrons. The van der Waals surface area contributed by atoms with E-state index in [1.165, 1.54) is 15.6 Å². The van der Waals surface area contributed by atoms with Gasteiger partial charge in [-0.25, -0.2) is 8.42 Å². The fourth-order valence-electron chi connectivity index (χ4n) is 2.73. The van der Waals surface area contributed by atoms with Crippen LogP contribution in [0.2, 0.25) is 0 Å². The molecule has 2 aliphatic rings. The highest BCUT2D eigenvalue weighted by atomic mass is 32.2. The molecule has 2 fully saturated rings. The van der Waals surface area contributed by atoms with Crippen LogP contribution in [0.15, 0.2) is 16.8 Å². The smallest absolute Gasteiger partial charge is 0.325 e. The van der Waals surface area contributed by atoms with E-state index in [-0.39, 0.29) is 5.25 Å². The van der Waals surface area contributed by atoms with Gasteiger partial charge in [-0.2, -0.15) is 15.6 Å². The summed E-state index contributed by atoms with van der Waals surface area (Å²) in [7, 11) is -3.15. The van der Waals surface area contributed by atoms with E-state index in [1.807, 2.05) is 21.7 Å². The Hall–Kier alpha value is -0.960. The number of aliphatic carboxylic acids is 1. The van der Waals surface area contributed by atoms with Crippen molar-refractivity contribution in [3.63, 3.8) is 0 Å². The molecule has 0 aromatic carbocycles. The lowest BCUT2D eigenvalue weighted by Crippen LogP contribution is -2.51. The van der Waals surface area contributed by atoms with Gasteiger partial charge in [-0.3, -0.25) is 9.69 Å². The second-order valence-corrected chi connectivity index (χ2v) is 8.47. The molecule has 1 unspecified atom stereocenters. The predicted octanol–water partition coefficient (Wildman–Crippen LogP) is 0.984. The molecule has 1 N–H and O–H groups in total. The molecule has 1 atom stereocenters. The highest BCUT2D eigenvalue weighted by Gasteiger charge is 2.42. The highest BCUT2D eigenvalue weighted by molar-refractivity contribution is 7.90. The summed E-state index contributed by atoms with van der Waals surface area (Å²) in [5.74, 6) is -0.882. The van der Waals surface area contributed by atoms with Crippen LogP contribution in [-0.2, 0) is 14.8 Å². The summed E-state index contributed by atoms with van der Waals surface area (Å²) in [5.41, 5.74) is 0.769. The molecule has 0 amide bonds. The van der Waals surface area contributed by atoms with Crippen molar-refractivity contribution in [3.8, 4) is 0 Å². The molecule has 0 bridgehead atoms. The lowest BCUT2D eigenvalue weighted by Gasteiger charge is -2.36. The molecule has 3 rings (SSSR count). The minimum absolute atomic E-state index is 0.198.